The van der Waals surface area contributed by atoms with Crippen LogP contribution in [0.2, 0.25) is 0 Å². The Morgan fingerprint density at radius 3 is 2.77 bits per heavy atom. The van der Waals surface area contributed by atoms with E-state index >= 15 is 0 Å². The Kier molecular flexibility index (Phi) is 5.33. The van der Waals surface area contributed by atoms with Crippen molar-refractivity contribution in [2.24, 2.45) is 5.73 Å². The Morgan fingerprint density at radius 2 is 2.03 bits per heavy atom. The fourth-order valence-corrected chi connectivity index (χ4v) is 3.78. The Morgan fingerprint density at radius 1 is 1.26 bits per heavy atom. The summed E-state index contributed by atoms with van der Waals surface area (Å²) in [6.45, 7) is 0.659. The molecule has 1 aromatic heterocycles. The van der Waals surface area contributed by atoms with E-state index in [2.05, 4.69) is 15.3 Å². The van der Waals surface area contributed by atoms with E-state index in [1.165, 1.54) is 4.90 Å². The summed E-state index contributed by atoms with van der Waals surface area (Å²) in [6, 6.07) is 12.2. The van der Waals surface area contributed by atoms with Crippen molar-refractivity contribution in [1.82, 2.24) is 19.8 Å². The zero-order valence-corrected chi connectivity index (χ0v) is 17.4. The molecule has 1 aliphatic rings. The monoisotopic (exact) mass is 420 g/mol. The highest BCUT2D eigenvalue weighted by molar-refractivity contribution is 5.96. The summed E-state index contributed by atoms with van der Waals surface area (Å²) in [5.41, 5.74) is 9.07. The van der Waals surface area contributed by atoms with Gasteiger partial charge in [-0.15, -0.1) is 0 Å². The summed E-state index contributed by atoms with van der Waals surface area (Å²) >= 11 is 0. The number of likely N-dealkylation sites (N-methyl/N-ethyl adjacent to an activating group) is 1. The molecule has 160 valence electrons. The molecular formula is C22H24N6O3. The number of carbonyl (C=O) groups excluding carboxylic acids is 3. The molecule has 0 fully saturated rings. The molecule has 0 bridgehead atoms. The Bertz CT molecular complexity index is 1140. The molecule has 1 atom stereocenters. The van der Waals surface area contributed by atoms with E-state index in [4.69, 9.17) is 5.73 Å². The third-order valence-electron chi connectivity index (χ3n) is 5.34. The van der Waals surface area contributed by atoms with Gasteiger partial charge < -0.3 is 25.8 Å². The van der Waals surface area contributed by atoms with Crippen molar-refractivity contribution in [3.8, 4) is 0 Å². The highest BCUT2D eigenvalue weighted by Crippen LogP contribution is 2.25. The minimum atomic E-state index is -0.721. The molecule has 2 heterocycles. The molecule has 0 spiro atoms. The molecule has 0 unspecified atom stereocenters. The van der Waals surface area contributed by atoms with Crippen LogP contribution in [0.4, 0.5) is 5.69 Å². The molecule has 9 nitrogen and oxygen atoms in total. The third kappa shape index (κ3) is 4.20. The van der Waals surface area contributed by atoms with E-state index in [-0.39, 0.29) is 18.2 Å². The molecule has 0 radical (unpaired) electrons. The molecule has 0 saturated heterocycles. The smallest absolute Gasteiger partial charge is 0.254 e. The summed E-state index contributed by atoms with van der Waals surface area (Å²) in [7, 11) is 3.38. The second kappa shape index (κ2) is 8.10. The molecule has 9 heteroatoms. The number of benzene rings is 2. The van der Waals surface area contributed by atoms with Crippen molar-refractivity contribution in [3.05, 3.63) is 59.4 Å². The van der Waals surface area contributed by atoms with Gasteiger partial charge in [-0.2, -0.15) is 0 Å². The van der Waals surface area contributed by atoms with Gasteiger partial charge in [0.15, 0.2) is 0 Å². The zero-order valence-electron chi connectivity index (χ0n) is 17.4. The summed E-state index contributed by atoms with van der Waals surface area (Å²) in [6.07, 6.45) is -0.0937. The van der Waals surface area contributed by atoms with Crippen molar-refractivity contribution < 1.29 is 14.4 Å². The first kappa shape index (κ1) is 20.4. The van der Waals surface area contributed by atoms with Crippen LogP contribution in [-0.2, 0) is 22.7 Å². The predicted molar refractivity (Wildman–Crippen MR) is 116 cm³/mol. The van der Waals surface area contributed by atoms with Gasteiger partial charge in [-0.3, -0.25) is 14.4 Å². The molecular weight excluding hydrogens is 396 g/mol. The Labute approximate surface area is 179 Å². The largest absolute Gasteiger partial charge is 0.373 e. The van der Waals surface area contributed by atoms with Crippen LogP contribution in [-0.4, -0.2) is 57.6 Å². The number of hydrogen-bond acceptors (Lipinski definition) is 5. The minimum Gasteiger partial charge on any atom is -0.373 e. The number of rotatable bonds is 5. The number of nitrogens with zero attached hydrogens (tertiary/aromatic N) is 3. The van der Waals surface area contributed by atoms with E-state index in [0.29, 0.717) is 30.2 Å². The fraction of sp³-hybridized carbons (Fsp3) is 0.273. The van der Waals surface area contributed by atoms with Gasteiger partial charge in [0.1, 0.15) is 11.9 Å². The van der Waals surface area contributed by atoms with Crippen molar-refractivity contribution >= 4 is 34.4 Å². The molecule has 0 aliphatic carbocycles. The van der Waals surface area contributed by atoms with Gasteiger partial charge in [0.05, 0.1) is 24.0 Å². The van der Waals surface area contributed by atoms with Gasteiger partial charge in [0.25, 0.3) is 5.91 Å². The zero-order chi connectivity index (χ0) is 22.1. The molecule has 3 amide bonds. The van der Waals surface area contributed by atoms with Crippen LogP contribution >= 0.6 is 0 Å². The van der Waals surface area contributed by atoms with Crippen molar-refractivity contribution in [3.63, 3.8) is 0 Å². The number of carbonyl (C=O) groups is 3. The van der Waals surface area contributed by atoms with Crippen molar-refractivity contribution in [2.75, 3.05) is 19.4 Å². The quantitative estimate of drug-likeness (QED) is 0.576. The molecule has 0 saturated carbocycles. The van der Waals surface area contributed by atoms with Gasteiger partial charge in [0, 0.05) is 31.9 Å². The molecule has 2 aromatic carbocycles. The lowest BCUT2D eigenvalue weighted by Gasteiger charge is -2.19. The van der Waals surface area contributed by atoms with Crippen molar-refractivity contribution in [2.45, 2.75) is 25.6 Å². The van der Waals surface area contributed by atoms with Crippen LogP contribution in [0.25, 0.3) is 11.0 Å². The first-order valence-corrected chi connectivity index (χ1v) is 9.93. The minimum absolute atomic E-state index is 0.0937. The normalized spacial score (nSPS) is 15.9. The van der Waals surface area contributed by atoms with Crippen LogP contribution in [0.3, 0.4) is 0 Å². The Balaban J connectivity index is 1.53. The van der Waals surface area contributed by atoms with E-state index in [1.54, 1.807) is 37.2 Å². The summed E-state index contributed by atoms with van der Waals surface area (Å²) in [4.78, 5) is 47.7. The summed E-state index contributed by atoms with van der Waals surface area (Å²) < 4.78 is 0. The number of imidazole rings is 1. The van der Waals surface area contributed by atoms with Crippen LogP contribution in [0.5, 0.6) is 0 Å². The maximum atomic E-state index is 13.0. The molecule has 1 aliphatic heterocycles. The van der Waals surface area contributed by atoms with E-state index < -0.39 is 11.9 Å². The van der Waals surface area contributed by atoms with E-state index in [0.717, 1.165) is 16.6 Å². The first-order valence-electron chi connectivity index (χ1n) is 9.93. The van der Waals surface area contributed by atoms with Crippen LogP contribution in [0.15, 0.2) is 42.5 Å². The number of nitrogens with one attached hydrogen (secondary N) is 2. The second-order valence-corrected chi connectivity index (χ2v) is 7.80. The number of hydrogen-bond donors (Lipinski definition) is 3. The first-order chi connectivity index (χ1) is 14.8. The number of aromatic amines is 1. The lowest BCUT2D eigenvalue weighted by atomic mass is 10.1. The average Bonchev–Trinajstić information content (AvgIpc) is 3.10. The average molecular weight is 420 g/mol. The van der Waals surface area contributed by atoms with Gasteiger partial charge in [-0.25, -0.2) is 4.98 Å². The maximum Gasteiger partial charge on any atom is 0.254 e. The number of fused-ring (bicyclic) bond motifs is 2. The molecule has 4 N–H and O–H groups in total. The number of nitrogens with two attached hydrogens (primary N) is 1. The molecule has 3 aromatic rings. The Hall–Kier alpha value is -3.88. The van der Waals surface area contributed by atoms with Gasteiger partial charge >= 0.3 is 0 Å². The summed E-state index contributed by atoms with van der Waals surface area (Å²) in [5.74, 6) is -0.227. The van der Waals surface area contributed by atoms with Gasteiger partial charge in [-0.05, 0) is 35.9 Å². The highest BCUT2D eigenvalue weighted by Gasteiger charge is 2.29. The van der Waals surface area contributed by atoms with Crippen LogP contribution < -0.4 is 11.1 Å². The lowest BCUT2D eigenvalue weighted by Crippen LogP contribution is -2.40. The number of H-pyrrole nitrogens is 1. The highest BCUT2D eigenvalue weighted by atomic mass is 16.2. The van der Waals surface area contributed by atoms with Gasteiger partial charge in [0.2, 0.25) is 11.8 Å². The number of primary amides is 1. The third-order valence-corrected chi connectivity index (χ3v) is 5.34. The van der Waals surface area contributed by atoms with Gasteiger partial charge in [-0.1, -0.05) is 12.1 Å². The van der Waals surface area contributed by atoms with Crippen LogP contribution in [0.1, 0.15) is 28.2 Å². The maximum absolute atomic E-state index is 13.0. The lowest BCUT2D eigenvalue weighted by molar-refractivity contribution is -0.133. The number of amides is 3. The van der Waals surface area contributed by atoms with E-state index in [1.807, 2.05) is 24.3 Å². The standard InChI is InChI=1S/C22H24N6O3/c1-27-11-14-9-13(7-8-15(14)24-18(22(27)31)10-19(23)29)21(30)28(2)12-20-25-16-5-3-4-6-17(16)26-20/h3-9,18,24H,10-12H2,1-2H3,(H2,23,29)(H,25,26)/t18-/m0/s1. The number of para-hydroxylation sites is 2. The SMILES string of the molecule is CN(Cc1nc2ccccc2[nH]1)C(=O)c1ccc2c(c1)CN(C)C(=O)[C@H](CC(N)=O)N2. The molecule has 4 rings (SSSR count). The fourth-order valence-electron chi connectivity index (χ4n) is 3.78. The molecule has 31 heavy (non-hydrogen) atoms. The number of aromatic nitrogens is 2. The van der Waals surface area contributed by atoms with Crippen LogP contribution in [0, 0.1) is 0 Å². The number of anilines is 1. The van der Waals surface area contributed by atoms with Crippen molar-refractivity contribution in [1.29, 1.82) is 0 Å². The second-order valence-electron chi connectivity index (χ2n) is 7.80. The van der Waals surface area contributed by atoms with E-state index in [9.17, 15) is 14.4 Å². The topological polar surface area (TPSA) is 124 Å². The summed E-state index contributed by atoms with van der Waals surface area (Å²) in [5, 5.41) is 3.09. The predicted octanol–water partition coefficient (Wildman–Crippen LogP) is 1.46.